The standard InChI is InChI=1S/C25H29NO4S/c1-29-22-13-11-19(12-14-22)18-26-23(20-7-4-3-5-8-20)17-21(9-6-10-24(26)27)25(28)30-15-16-31-2/h3-5,7-8,11-14,17,21H,6,9-10,15-16,18H2,1-2H3/b23-17-. The molecule has 2 aromatic carbocycles. The molecule has 0 saturated heterocycles. The van der Waals surface area contributed by atoms with Crippen LogP contribution < -0.4 is 4.74 Å². The Morgan fingerprint density at radius 2 is 1.87 bits per heavy atom. The minimum absolute atomic E-state index is 0.0557. The van der Waals surface area contributed by atoms with Crippen molar-refractivity contribution in [2.24, 2.45) is 5.92 Å². The minimum Gasteiger partial charge on any atom is -0.497 e. The smallest absolute Gasteiger partial charge is 0.312 e. The lowest BCUT2D eigenvalue weighted by Gasteiger charge is -2.29. The van der Waals surface area contributed by atoms with E-state index in [9.17, 15) is 9.59 Å². The Bertz CT molecular complexity index is 895. The highest BCUT2D eigenvalue weighted by Gasteiger charge is 2.27. The number of thioether (sulfide) groups is 1. The van der Waals surface area contributed by atoms with E-state index in [-0.39, 0.29) is 17.8 Å². The number of nitrogens with zero attached hydrogens (tertiary/aromatic N) is 1. The van der Waals surface area contributed by atoms with Crippen molar-refractivity contribution in [2.75, 3.05) is 25.7 Å². The van der Waals surface area contributed by atoms with Crippen molar-refractivity contribution in [3.63, 3.8) is 0 Å². The average Bonchev–Trinajstić information content (AvgIpc) is 2.80. The molecule has 1 unspecified atom stereocenters. The first-order valence-corrected chi connectivity index (χ1v) is 11.9. The molecule has 6 heteroatoms. The van der Waals surface area contributed by atoms with E-state index < -0.39 is 0 Å². The van der Waals surface area contributed by atoms with E-state index >= 15 is 0 Å². The van der Waals surface area contributed by atoms with E-state index in [4.69, 9.17) is 9.47 Å². The van der Waals surface area contributed by atoms with Crippen LogP contribution in [0.2, 0.25) is 0 Å². The molecule has 0 aliphatic carbocycles. The fraction of sp³-hybridized carbons (Fsp3) is 0.360. The van der Waals surface area contributed by atoms with E-state index in [0.29, 0.717) is 32.4 Å². The molecule has 0 radical (unpaired) electrons. The minimum atomic E-state index is -0.372. The lowest BCUT2D eigenvalue weighted by Crippen LogP contribution is -2.32. The molecule has 164 valence electrons. The molecule has 0 saturated carbocycles. The fourth-order valence-electron chi connectivity index (χ4n) is 3.57. The highest BCUT2D eigenvalue weighted by molar-refractivity contribution is 7.98. The predicted octanol–water partition coefficient (Wildman–Crippen LogP) is 4.77. The summed E-state index contributed by atoms with van der Waals surface area (Å²) in [5.74, 6) is 1.01. The third kappa shape index (κ3) is 6.37. The Kier molecular flexibility index (Phi) is 8.59. The van der Waals surface area contributed by atoms with E-state index in [1.807, 2.05) is 66.9 Å². The van der Waals surface area contributed by atoms with Crippen molar-refractivity contribution >= 4 is 29.3 Å². The van der Waals surface area contributed by atoms with Crippen LogP contribution in [-0.2, 0) is 20.9 Å². The van der Waals surface area contributed by atoms with E-state index in [2.05, 4.69) is 0 Å². The quantitative estimate of drug-likeness (QED) is 0.438. The summed E-state index contributed by atoms with van der Waals surface area (Å²) in [6.07, 6.45) is 5.56. The number of ether oxygens (including phenoxy) is 2. The number of hydrogen-bond acceptors (Lipinski definition) is 5. The number of benzene rings is 2. The zero-order valence-corrected chi connectivity index (χ0v) is 18.9. The van der Waals surface area contributed by atoms with Gasteiger partial charge in [0.1, 0.15) is 12.4 Å². The zero-order valence-electron chi connectivity index (χ0n) is 18.1. The average molecular weight is 440 g/mol. The Morgan fingerprint density at radius 1 is 1.13 bits per heavy atom. The largest absolute Gasteiger partial charge is 0.497 e. The van der Waals surface area contributed by atoms with E-state index in [1.165, 1.54) is 0 Å². The number of rotatable bonds is 8. The van der Waals surface area contributed by atoms with Crippen molar-refractivity contribution in [1.82, 2.24) is 4.90 Å². The number of esters is 1. The maximum absolute atomic E-state index is 13.1. The first kappa shape index (κ1) is 22.9. The third-order valence-electron chi connectivity index (χ3n) is 5.26. The van der Waals surface area contributed by atoms with Gasteiger partial charge in [0.05, 0.1) is 19.6 Å². The summed E-state index contributed by atoms with van der Waals surface area (Å²) in [7, 11) is 1.63. The molecule has 0 spiro atoms. The van der Waals surface area contributed by atoms with Gasteiger partial charge in [0.2, 0.25) is 5.91 Å². The van der Waals surface area contributed by atoms with Crippen molar-refractivity contribution < 1.29 is 19.1 Å². The van der Waals surface area contributed by atoms with Crippen LogP contribution in [0.4, 0.5) is 0 Å². The van der Waals surface area contributed by atoms with Crippen LogP contribution in [0.1, 0.15) is 30.4 Å². The SMILES string of the molecule is COc1ccc(CN2C(=O)CCCC(C(=O)OCCSC)/C=C\2c2ccccc2)cc1. The number of carbonyl (C=O) groups excluding carboxylic acids is 2. The van der Waals surface area contributed by atoms with Gasteiger partial charge in [-0.2, -0.15) is 11.8 Å². The van der Waals surface area contributed by atoms with E-state index in [0.717, 1.165) is 28.3 Å². The molecule has 1 aliphatic rings. The topological polar surface area (TPSA) is 55.8 Å². The van der Waals surface area contributed by atoms with Crippen molar-refractivity contribution in [3.8, 4) is 5.75 Å². The molecule has 2 aromatic rings. The Hall–Kier alpha value is -2.73. The van der Waals surface area contributed by atoms with Gasteiger partial charge in [-0.15, -0.1) is 0 Å². The van der Waals surface area contributed by atoms with Gasteiger partial charge in [0.15, 0.2) is 0 Å². The van der Waals surface area contributed by atoms with Gasteiger partial charge in [-0.05, 0) is 48.4 Å². The lowest BCUT2D eigenvalue weighted by molar-refractivity contribution is -0.146. The van der Waals surface area contributed by atoms with Crippen LogP contribution in [0.25, 0.3) is 5.70 Å². The number of amides is 1. The van der Waals surface area contributed by atoms with Gasteiger partial charge >= 0.3 is 5.97 Å². The Balaban J connectivity index is 1.94. The summed E-state index contributed by atoms with van der Waals surface area (Å²) < 4.78 is 10.7. The molecule has 5 nitrogen and oxygen atoms in total. The van der Waals surface area contributed by atoms with Gasteiger partial charge in [-0.3, -0.25) is 9.59 Å². The molecule has 3 rings (SSSR count). The molecule has 1 heterocycles. The normalized spacial score (nSPS) is 18.5. The highest BCUT2D eigenvalue weighted by Crippen LogP contribution is 2.30. The molecule has 31 heavy (non-hydrogen) atoms. The van der Waals surface area contributed by atoms with Crippen molar-refractivity contribution in [2.45, 2.75) is 25.8 Å². The van der Waals surface area contributed by atoms with Gasteiger partial charge in [0.25, 0.3) is 0 Å². The second-order valence-corrected chi connectivity index (χ2v) is 8.39. The van der Waals surface area contributed by atoms with Gasteiger partial charge in [-0.1, -0.05) is 42.5 Å². The Morgan fingerprint density at radius 3 is 2.55 bits per heavy atom. The van der Waals surface area contributed by atoms with Gasteiger partial charge in [0, 0.05) is 17.9 Å². The zero-order chi connectivity index (χ0) is 22.1. The third-order valence-corrected chi connectivity index (χ3v) is 5.84. The molecule has 1 amide bonds. The first-order valence-electron chi connectivity index (χ1n) is 10.5. The van der Waals surface area contributed by atoms with Crippen LogP contribution in [-0.4, -0.2) is 42.5 Å². The van der Waals surface area contributed by atoms with Crippen LogP contribution >= 0.6 is 11.8 Å². The fourth-order valence-corrected chi connectivity index (χ4v) is 3.82. The summed E-state index contributed by atoms with van der Waals surface area (Å²) >= 11 is 1.65. The van der Waals surface area contributed by atoms with Gasteiger partial charge < -0.3 is 14.4 Å². The molecule has 1 atom stereocenters. The van der Waals surface area contributed by atoms with Gasteiger partial charge in [-0.25, -0.2) is 0 Å². The molecular formula is C25H29NO4S. The summed E-state index contributed by atoms with van der Waals surface area (Å²) in [5.41, 5.74) is 2.66. The summed E-state index contributed by atoms with van der Waals surface area (Å²) in [6, 6.07) is 17.5. The van der Waals surface area contributed by atoms with Crippen LogP contribution in [0, 0.1) is 5.92 Å². The second-order valence-electron chi connectivity index (χ2n) is 7.40. The van der Waals surface area contributed by atoms with Crippen molar-refractivity contribution in [1.29, 1.82) is 0 Å². The number of hydrogen-bond donors (Lipinski definition) is 0. The van der Waals surface area contributed by atoms with Crippen LogP contribution in [0.5, 0.6) is 5.75 Å². The molecule has 0 N–H and O–H groups in total. The predicted molar refractivity (Wildman–Crippen MR) is 125 cm³/mol. The first-order chi connectivity index (χ1) is 15.1. The number of carbonyl (C=O) groups is 2. The monoisotopic (exact) mass is 439 g/mol. The molecule has 0 fully saturated rings. The maximum Gasteiger partial charge on any atom is 0.312 e. The van der Waals surface area contributed by atoms with Crippen LogP contribution in [0.15, 0.2) is 60.7 Å². The molecule has 0 bridgehead atoms. The lowest BCUT2D eigenvalue weighted by atomic mass is 9.95. The number of methoxy groups -OCH3 is 1. The van der Waals surface area contributed by atoms with Crippen LogP contribution in [0.3, 0.4) is 0 Å². The second kappa shape index (κ2) is 11.6. The molecule has 0 aromatic heterocycles. The summed E-state index contributed by atoms with van der Waals surface area (Å²) in [5, 5.41) is 0. The van der Waals surface area contributed by atoms with Crippen molar-refractivity contribution in [3.05, 3.63) is 71.8 Å². The maximum atomic E-state index is 13.1. The summed E-state index contributed by atoms with van der Waals surface area (Å²) in [6.45, 7) is 0.831. The highest BCUT2D eigenvalue weighted by atomic mass is 32.2. The molecule has 1 aliphatic heterocycles. The Labute approximate surface area is 188 Å². The molecular weight excluding hydrogens is 410 g/mol. The van der Waals surface area contributed by atoms with E-state index in [1.54, 1.807) is 23.8 Å². The summed E-state index contributed by atoms with van der Waals surface area (Å²) in [4.78, 5) is 27.6.